The monoisotopic (exact) mass is 1880 g/mol. The van der Waals surface area contributed by atoms with Crippen LogP contribution in [0.2, 0.25) is 15.1 Å². The van der Waals surface area contributed by atoms with Gasteiger partial charge in [-0.2, -0.15) is 0 Å². The molecule has 0 saturated carbocycles. The van der Waals surface area contributed by atoms with Gasteiger partial charge in [0.2, 0.25) is 0 Å². The molecule has 0 heterocycles. The summed E-state index contributed by atoms with van der Waals surface area (Å²) in [4.78, 5) is 2.16. The fourth-order valence-electron chi connectivity index (χ4n) is 19.0. The van der Waals surface area contributed by atoms with Crippen LogP contribution in [0.1, 0.15) is 108 Å². The standard InChI is InChI=1S/C27H34P.C24H28O2P.C23H27NP.C21H19Cl3P.C21H19F3P/c1-18(2)28(25-12-19(3)9-20(4)13-25,26-14-21(5)10-22(6)15-26)27-16-23(7)11-24(8)17-27;1-18(2)27(22-12-6-19(3)7-13-22,23-14-8-20(25-4)9-15-23)24-16-10-21(26-5)11-17-24;1-19(2)25(21-11-7-5-8-12-21,22-13-9-6-10-14-22)23-17-15-20(16-18-23)24(3)4;2*1-15(2)25(19-9-3-16(22)4-10-19,20-11-5-17(23)6-12-20)21-13-7-18(24)8-14-21/h9-18H,1-8H3;6-18H,1-5H3;5-19H,1-4H3;2*3-15H,1-2H3/q5*+1. The Hall–Kier alpha value is -9.49. The number of methoxy groups -OCH3 is 2. The van der Waals surface area contributed by atoms with Gasteiger partial charge in [0.05, 0.1) is 42.5 Å². The first-order chi connectivity index (χ1) is 62.1. The van der Waals surface area contributed by atoms with Crippen LogP contribution in [0.15, 0.2) is 358 Å². The van der Waals surface area contributed by atoms with Gasteiger partial charge in [-0.15, -0.1) is 0 Å². The molecule has 130 heavy (non-hydrogen) atoms. The van der Waals surface area contributed by atoms with E-state index in [1.165, 1.54) is 145 Å². The zero-order valence-corrected chi connectivity index (χ0v) is 86.0. The molecule has 0 amide bonds. The molecule has 0 spiro atoms. The van der Waals surface area contributed by atoms with Crippen molar-refractivity contribution in [3.8, 4) is 11.5 Å². The SMILES string of the molecule is CC(C)[P+](c1ccc(Cl)cc1)(c1ccc(Cl)cc1)c1ccc(Cl)cc1.CC(C)[P+](c1ccc(F)cc1)(c1ccc(F)cc1)c1ccc(F)cc1.CC(C)[P+](c1ccccc1)(c1ccccc1)c1ccc(N(C)C)cc1.COc1ccc([P+](c2ccc(C)cc2)(c2ccc(OC)cc2)C(C)C)cc1.Cc1cc(C)cc([P+](c2cc(C)cc(C)c2)(c2cc(C)cc(C)c2)C(C)C)c1. The van der Waals surface area contributed by atoms with E-state index in [1.54, 1.807) is 50.6 Å². The van der Waals surface area contributed by atoms with Crippen molar-refractivity contribution in [1.82, 2.24) is 0 Å². The van der Waals surface area contributed by atoms with Gasteiger partial charge in [-0.1, -0.05) is 107 Å². The summed E-state index contributed by atoms with van der Waals surface area (Å²) in [5, 5.41) is 22.1. The molecule has 15 aromatic rings. The Labute approximate surface area is 793 Å². The second-order valence-electron chi connectivity index (χ2n) is 35.3. The summed E-state index contributed by atoms with van der Waals surface area (Å²) >= 11 is 18.5. The molecule has 0 atom stereocenters. The lowest BCUT2D eigenvalue weighted by Crippen LogP contribution is -2.37. The molecular weight excluding hydrogens is 1760 g/mol. The van der Waals surface area contributed by atoms with Gasteiger partial charge in [0.25, 0.3) is 0 Å². The highest BCUT2D eigenvalue weighted by molar-refractivity contribution is 7.98. The Balaban J connectivity index is 0.000000157. The van der Waals surface area contributed by atoms with Gasteiger partial charge in [0, 0.05) is 34.9 Å². The third-order valence-corrected chi connectivity index (χ3v) is 49.7. The second-order valence-corrected chi connectivity index (χ2v) is 56.7. The van der Waals surface area contributed by atoms with Gasteiger partial charge >= 0.3 is 0 Å². The Morgan fingerprint density at radius 3 is 0.592 bits per heavy atom. The number of nitrogens with zero attached hydrogens (tertiary/aromatic N) is 1. The fourth-order valence-corrected chi connectivity index (χ4v) is 42.7. The van der Waals surface area contributed by atoms with Crippen molar-refractivity contribution < 1.29 is 22.6 Å². The molecule has 0 unspecified atom stereocenters. The number of ether oxygens (including phenoxy) is 2. The molecular formula is C116H127Cl3F3NO2P5+5. The summed E-state index contributed by atoms with van der Waals surface area (Å²) in [6.07, 6.45) is 0. The fraction of sp³-hybridized carbons (Fsp3) is 0.224. The molecule has 0 aliphatic heterocycles. The van der Waals surface area contributed by atoms with Gasteiger partial charge in [-0.25, -0.2) is 13.2 Å². The zero-order chi connectivity index (χ0) is 94.0. The van der Waals surface area contributed by atoms with Crippen molar-refractivity contribution in [2.75, 3.05) is 33.2 Å². The first-order valence-corrected chi connectivity index (χ1v) is 55.1. The normalized spacial score (nSPS) is 11.7. The predicted octanol–water partition coefficient (Wildman–Crippen LogP) is 26.6. The van der Waals surface area contributed by atoms with E-state index >= 15 is 0 Å². The van der Waals surface area contributed by atoms with Crippen LogP contribution in [-0.4, -0.2) is 56.6 Å². The average molecular weight is 1890 g/mol. The number of aryl methyl sites for hydroxylation is 7. The van der Waals surface area contributed by atoms with E-state index in [-0.39, 0.29) is 23.1 Å². The summed E-state index contributed by atoms with van der Waals surface area (Å²) in [7, 11) is -1.74. The highest BCUT2D eigenvalue weighted by Crippen LogP contribution is 2.64. The van der Waals surface area contributed by atoms with Crippen LogP contribution in [0.25, 0.3) is 0 Å². The topological polar surface area (TPSA) is 21.7 Å². The van der Waals surface area contributed by atoms with Crippen molar-refractivity contribution in [2.24, 2.45) is 0 Å². The molecule has 0 aliphatic carbocycles. The largest absolute Gasteiger partial charge is 0.497 e. The van der Waals surface area contributed by atoms with Crippen LogP contribution < -0.4 is 93.9 Å². The Morgan fingerprint density at radius 1 is 0.215 bits per heavy atom. The third kappa shape index (κ3) is 22.4. The summed E-state index contributed by atoms with van der Waals surface area (Å²) in [6.45, 7) is 38.5. The van der Waals surface area contributed by atoms with E-state index in [9.17, 15) is 13.2 Å². The minimum absolute atomic E-state index is 0.175. The summed E-state index contributed by atoms with van der Waals surface area (Å²) in [5.74, 6) is 0.870. The van der Waals surface area contributed by atoms with Gasteiger partial charge < -0.3 is 14.4 Å². The van der Waals surface area contributed by atoms with Gasteiger partial charge in [-0.05, 0) is 442 Å². The summed E-state index contributed by atoms with van der Waals surface area (Å²) in [6, 6.07) is 123. The van der Waals surface area contributed by atoms with Crippen LogP contribution in [0.3, 0.4) is 0 Å². The first kappa shape index (κ1) is 101. The van der Waals surface area contributed by atoms with Crippen molar-refractivity contribution in [1.29, 1.82) is 0 Å². The molecule has 670 valence electrons. The molecule has 3 nitrogen and oxygen atoms in total. The maximum Gasteiger partial charge on any atom is 0.123 e. The van der Waals surface area contributed by atoms with Crippen LogP contribution in [0, 0.1) is 65.9 Å². The number of benzene rings is 15. The molecule has 0 radical (unpaired) electrons. The highest BCUT2D eigenvalue weighted by atomic mass is 35.5. The molecule has 0 aliphatic rings. The van der Waals surface area contributed by atoms with Crippen molar-refractivity contribution >= 4 is 156 Å². The smallest absolute Gasteiger partial charge is 0.123 e. The van der Waals surface area contributed by atoms with Crippen LogP contribution in [0.4, 0.5) is 18.9 Å². The first-order valence-electron chi connectivity index (χ1n) is 44.6. The molecule has 15 aromatic carbocycles. The lowest BCUT2D eigenvalue weighted by atomic mass is 10.1. The number of hydrogen-bond acceptors (Lipinski definition) is 3. The van der Waals surface area contributed by atoms with Gasteiger partial charge in [-0.3, -0.25) is 0 Å². The lowest BCUT2D eigenvalue weighted by molar-refractivity contribution is 0.415. The highest BCUT2D eigenvalue weighted by Gasteiger charge is 2.54. The third-order valence-electron chi connectivity index (χ3n) is 24.6. The number of halogens is 6. The zero-order valence-electron chi connectivity index (χ0n) is 79.2. The van der Waals surface area contributed by atoms with Crippen molar-refractivity contribution in [3.05, 3.63) is 429 Å². The van der Waals surface area contributed by atoms with E-state index in [0.29, 0.717) is 22.6 Å². The summed E-state index contributed by atoms with van der Waals surface area (Å²) < 4.78 is 51.3. The van der Waals surface area contributed by atoms with Crippen molar-refractivity contribution in [2.45, 2.75) is 146 Å². The molecule has 0 saturated heterocycles. The molecule has 15 rings (SSSR count). The number of hydrogen-bond donors (Lipinski definition) is 0. The Morgan fingerprint density at radius 2 is 0.392 bits per heavy atom. The Bertz CT molecular complexity index is 5480. The average Bonchev–Trinajstić information content (AvgIpc) is 0.744. The maximum absolute atomic E-state index is 13.5. The maximum atomic E-state index is 13.5. The second kappa shape index (κ2) is 45.3. The quantitative estimate of drug-likeness (QED) is 0.0596. The lowest BCUT2D eigenvalue weighted by Gasteiger charge is -2.32. The van der Waals surface area contributed by atoms with Gasteiger partial charge in [0.15, 0.2) is 0 Å². The summed E-state index contributed by atoms with van der Waals surface area (Å²) in [5.41, 5.74) is 12.8. The molecule has 0 N–H and O–H groups in total. The van der Waals surface area contributed by atoms with E-state index in [4.69, 9.17) is 44.3 Å². The van der Waals surface area contributed by atoms with E-state index in [2.05, 4.69) is 385 Å². The van der Waals surface area contributed by atoms with Crippen LogP contribution in [-0.2, 0) is 0 Å². The number of rotatable bonds is 23. The molecule has 0 fully saturated rings. The molecule has 0 bridgehead atoms. The molecule has 14 heteroatoms. The van der Waals surface area contributed by atoms with Gasteiger partial charge in [0.1, 0.15) is 145 Å². The van der Waals surface area contributed by atoms with E-state index in [0.717, 1.165) is 42.5 Å². The van der Waals surface area contributed by atoms with Crippen LogP contribution >= 0.6 is 71.1 Å². The van der Waals surface area contributed by atoms with Crippen LogP contribution in [0.5, 0.6) is 11.5 Å². The van der Waals surface area contributed by atoms with E-state index in [1.807, 2.05) is 36.4 Å². The molecule has 0 aromatic heterocycles. The minimum atomic E-state index is -2.18. The Kier molecular flexibility index (Phi) is 35.2. The van der Waals surface area contributed by atoms with E-state index < -0.39 is 36.3 Å². The van der Waals surface area contributed by atoms with Crippen molar-refractivity contribution in [3.63, 3.8) is 0 Å². The number of anilines is 1. The predicted molar refractivity (Wildman–Crippen MR) is 577 cm³/mol. The minimum Gasteiger partial charge on any atom is -0.497 e.